The topological polar surface area (TPSA) is 90.9 Å². The second-order valence-corrected chi connectivity index (χ2v) is 7.73. The lowest BCUT2D eigenvalue weighted by Gasteiger charge is -2.32. The molecule has 3 rings (SSSR count). The minimum Gasteiger partial charge on any atom is -0.466 e. The normalized spacial score (nSPS) is 21.0. The number of carbonyl (C=O) groups excluding carboxylic acids is 3. The van der Waals surface area contributed by atoms with Crippen molar-refractivity contribution in [2.24, 2.45) is 0 Å². The van der Waals surface area contributed by atoms with E-state index in [0.717, 1.165) is 20.1 Å². The van der Waals surface area contributed by atoms with Crippen LogP contribution < -0.4 is 5.32 Å². The van der Waals surface area contributed by atoms with Crippen LogP contribution in [0.1, 0.15) is 43.2 Å². The Balaban J connectivity index is 2.32. The van der Waals surface area contributed by atoms with E-state index in [1.165, 1.54) is 19.1 Å². The van der Waals surface area contributed by atoms with E-state index in [-0.39, 0.29) is 29.1 Å². The van der Waals surface area contributed by atoms with Gasteiger partial charge in [0.05, 0.1) is 48.1 Å². The first-order valence-electron chi connectivity index (χ1n) is 10.4. The second-order valence-electron chi connectivity index (χ2n) is 7.73. The van der Waals surface area contributed by atoms with Crippen molar-refractivity contribution in [3.63, 3.8) is 0 Å². The van der Waals surface area contributed by atoms with Gasteiger partial charge in [0.25, 0.3) is 5.92 Å². The molecule has 0 aromatic heterocycles. The van der Waals surface area contributed by atoms with Crippen molar-refractivity contribution in [2.75, 3.05) is 27.0 Å². The number of dihydropyridines is 1. The van der Waals surface area contributed by atoms with Crippen molar-refractivity contribution in [3.05, 3.63) is 57.7 Å². The van der Waals surface area contributed by atoms with Crippen molar-refractivity contribution in [1.82, 2.24) is 5.32 Å². The quantitative estimate of drug-likeness (QED) is 0.343. The van der Waals surface area contributed by atoms with E-state index in [0.29, 0.717) is 0 Å². The summed E-state index contributed by atoms with van der Waals surface area (Å²) in [7, 11) is 1.02. The highest BCUT2D eigenvalue weighted by molar-refractivity contribution is 6.00. The van der Waals surface area contributed by atoms with Gasteiger partial charge in [-0.25, -0.2) is 27.2 Å². The van der Waals surface area contributed by atoms with Crippen molar-refractivity contribution >= 4 is 17.9 Å². The van der Waals surface area contributed by atoms with Crippen LogP contribution in [0, 0.1) is 5.82 Å². The van der Waals surface area contributed by atoms with Gasteiger partial charge in [-0.05, 0) is 18.6 Å². The Morgan fingerprint density at radius 2 is 1.76 bits per heavy atom. The summed E-state index contributed by atoms with van der Waals surface area (Å²) >= 11 is 0. The average Bonchev–Trinajstić information content (AvgIpc) is 3.42. The molecule has 0 saturated heterocycles. The summed E-state index contributed by atoms with van der Waals surface area (Å²) in [6, 6.07) is 3.50. The first-order valence-corrected chi connectivity index (χ1v) is 10.4. The molecular formula is C23H23F4NO6. The SMILES string of the molecule is CCOC(=O)C1=C(COC(C)=O)NC(CF)=C(C(=O)OC)C1c1cccc(F)c1C1CC1(F)F. The maximum absolute atomic E-state index is 14.9. The zero-order chi connectivity index (χ0) is 25.2. The number of rotatable bonds is 8. The van der Waals surface area contributed by atoms with Gasteiger partial charge in [-0.2, -0.15) is 0 Å². The van der Waals surface area contributed by atoms with Crippen LogP contribution >= 0.6 is 0 Å². The van der Waals surface area contributed by atoms with E-state index in [9.17, 15) is 31.9 Å². The molecule has 7 nitrogen and oxygen atoms in total. The first kappa shape index (κ1) is 25.3. The second kappa shape index (κ2) is 9.86. The van der Waals surface area contributed by atoms with E-state index < -0.39 is 72.3 Å². The van der Waals surface area contributed by atoms with Gasteiger partial charge >= 0.3 is 17.9 Å². The third-order valence-electron chi connectivity index (χ3n) is 5.56. The Labute approximate surface area is 192 Å². The zero-order valence-corrected chi connectivity index (χ0v) is 18.7. The lowest BCUT2D eigenvalue weighted by atomic mass is 9.77. The molecule has 11 heteroatoms. The number of allylic oxidation sites excluding steroid dienone is 1. The van der Waals surface area contributed by atoms with Gasteiger partial charge in [0.2, 0.25) is 0 Å². The van der Waals surface area contributed by atoms with Crippen LogP contribution in [-0.4, -0.2) is 50.8 Å². The van der Waals surface area contributed by atoms with Crippen LogP contribution in [0.5, 0.6) is 0 Å². The molecule has 2 unspecified atom stereocenters. The molecule has 2 aliphatic rings. The molecule has 184 valence electrons. The maximum atomic E-state index is 14.9. The van der Waals surface area contributed by atoms with Crippen LogP contribution in [0.15, 0.2) is 40.7 Å². The summed E-state index contributed by atoms with van der Waals surface area (Å²) in [5.74, 6) is -9.93. The number of hydrogen-bond acceptors (Lipinski definition) is 7. The number of hydrogen-bond donors (Lipinski definition) is 1. The van der Waals surface area contributed by atoms with Crippen LogP contribution in [-0.2, 0) is 28.6 Å². The molecule has 1 aliphatic carbocycles. The Morgan fingerprint density at radius 3 is 2.29 bits per heavy atom. The minimum atomic E-state index is -3.18. The molecule has 1 heterocycles. The van der Waals surface area contributed by atoms with Crippen LogP contribution in [0.25, 0.3) is 0 Å². The summed E-state index contributed by atoms with van der Waals surface area (Å²) in [5, 5.41) is 2.57. The minimum absolute atomic E-state index is 0.0974. The van der Waals surface area contributed by atoms with Crippen molar-refractivity contribution in [1.29, 1.82) is 0 Å². The Bertz CT molecular complexity index is 1080. The molecule has 0 radical (unpaired) electrons. The largest absolute Gasteiger partial charge is 0.466 e. The fourth-order valence-corrected chi connectivity index (χ4v) is 4.01. The van der Waals surface area contributed by atoms with E-state index in [4.69, 9.17) is 14.2 Å². The smallest absolute Gasteiger partial charge is 0.336 e. The third kappa shape index (κ3) is 4.78. The van der Waals surface area contributed by atoms with Gasteiger partial charge in [0.15, 0.2) is 0 Å². The third-order valence-corrected chi connectivity index (χ3v) is 5.56. The predicted octanol–water partition coefficient (Wildman–Crippen LogP) is 3.41. The monoisotopic (exact) mass is 485 g/mol. The van der Waals surface area contributed by atoms with E-state index in [1.807, 2.05) is 0 Å². The molecule has 1 aromatic rings. The number of benzene rings is 1. The van der Waals surface area contributed by atoms with E-state index in [1.54, 1.807) is 0 Å². The van der Waals surface area contributed by atoms with E-state index >= 15 is 0 Å². The number of esters is 3. The lowest BCUT2D eigenvalue weighted by Crippen LogP contribution is -2.36. The molecule has 2 atom stereocenters. The van der Waals surface area contributed by atoms with Crippen LogP contribution in [0.4, 0.5) is 17.6 Å². The summed E-state index contributed by atoms with van der Waals surface area (Å²) < 4.78 is 71.9. The fraction of sp³-hybridized carbons (Fsp3) is 0.435. The van der Waals surface area contributed by atoms with Gasteiger partial charge in [-0.1, -0.05) is 12.1 Å². The zero-order valence-electron chi connectivity index (χ0n) is 18.7. The Kier molecular flexibility index (Phi) is 7.32. The highest BCUT2D eigenvalue weighted by Crippen LogP contribution is 2.58. The fourth-order valence-electron chi connectivity index (χ4n) is 4.01. The van der Waals surface area contributed by atoms with Crippen molar-refractivity contribution < 1.29 is 46.2 Å². The Hall–Kier alpha value is -3.37. The number of carbonyl (C=O) groups is 3. The summed E-state index contributed by atoms with van der Waals surface area (Å²) in [6.45, 7) is 0.737. The molecule has 0 bridgehead atoms. The maximum Gasteiger partial charge on any atom is 0.336 e. The highest BCUT2D eigenvalue weighted by Gasteiger charge is 2.60. The number of nitrogens with one attached hydrogen (secondary N) is 1. The molecule has 0 amide bonds. The molecule has 34 heavy (non-hydrogen) atoms. The number of methoxy groups -OCH3 is 1. The standard InChI is InChI=1S/C23H23F4NO6/c1-4-33-22(31)20-16(10-34-11(2)29)28-15(9-24)19(21(30)32-3)18(20)12-6-5-7-14(25)17(12)13-8-23(13,26)27/h5-7,13,18,28H,4,8-10H2,1-3H3. The molecule has 1 aliphatic heterocycles. The number of alkyl halides is 3. The number of ether oxygens (including phenoxy) is 3. The van der Waals surface area contributed by atoms with Gasteiger partial charge < -0.3 is 19.5 Å². The Morgan fingerprint density at radius 1 is 1.12 bits per heavy atom. The van der Waals surface area contributed by atoms with Gasteiger partial charge in [0.1, 0.15) is 19.1 Å². The molecule has 1 N–H and O–H groups in total. The van der Waals surface area contributed by atoms with E-state index in [2.05, 4.69) is 5.32 Å². The van der Waals surface area contributed by atoms with Gasteiger partial charge in [0, 0.05) is 18.9 Å². The van der Waals surface area contributed by atoms with Crippen LogP contribution in [0.2, 0.25) is 0 Å². The van der Waals surface area contributed by atoms with Gasteiger partial charge in [-0.3, -0.25) is 4.79 Å². The first-order chi connectivity index (χ1) is 16.1. The predicted molar refractivity (Wildman–Crippen MR) is 110 cm³/mol. The number of halogens is 4. The molecular weight excluding hydrogens is 462 g/mol. The molecule has 1 aromatic carbocycles. The highest BCUT2D eigenvalue weighted by atomic mass is 19.3. The molecule has 0 spiro atoms. The summed E-state index contributed by atoms with van der Waals surface area (Å²) in [6.07, 6.45) is -0.627. The van der Waals surface area contributed by atoms with Crippen molar-refractivity contribution in [2.45, 2.75) is 38.0 Å². The van der Waals surface area contributed by atoms with Gasteiger partial charge in [-0.15, -0.1) is 0 Å². The van der Waals surface area contributed by atoms with Crippen molar-refractivity contribution in [3.8, 4) is 0 Å². The summed E-state index contributed by atoms with van der Waals surface area (Å²) in [4.78, 5) is 37.2. The average molecular weight is 485 g/mol. The molecule has 1 saturated carbocycles. The molecule has 1 fully saturated rings. The van der Waals surface area contributed by atoms with Crippen LogP contribution in [0.3, 0.4) is 0 Å². The summed E-state index contributed by atoms with van der Waals surface area (Å²) in [5.41, 5.74) is -1.72. The lowest BCUT2D eigenvalue weighted by molar-refractivity contribution is -0.142.